The number of aromatic nitrogens is 1. The lowest BCUT2D eigenvalue weighted by Crippen LogP contribution is -2.25. The first-order chi connectivity index (χ1) is 7.72. The van der Waals surface area contributed by atoms with Gasteiger partial charge < -0.3 is 10.0 Å². The van der Waals surface area contributed by atoms with E-state index in [4.69, 9.17) is 23.1 Å². The summed E-state index contributed by atoms with van der Waals surface area (Å²) in [6.07, 6.45) is 7.89. The third-order valence-electron chi connectivity index (χ3n) is 2.14. The van der Waals surface area contributed by atoms with Gasteiger partial charge in [0.15, 0.2) is 0 Å². The topological polar surface area (TPSA) is 36.4 Å². The summed E-state index contributed by atoms with van der Waals surface area (Å²) in [4.78, 5) is 6.17. The fourth-order valence-electron chi connectivity index (χ4n) is 1.43. The molecule has 0 aliphatic heterocycles. The Morgan fingerprint density at radius 2 is 2.38 bits per heavy atom. The van der Waals surface area contributed by atoms with E-state index in [1.165, 1.54) is 0 Å². The molecule has 3 nitrogen and oxygen atoms in total. The zero-order valence-corrected chi connectivity index (χ0v) is 10.0. The maximum Gasteiger partial charge on any atom is 0.148 e. The molecule has 1 aromatic rings. The van der Waals surface area contributed by atoms with Gasteiger partial charge in [0.25, 0.3) is 0 Å². The van der Waals surface area contributed by atoms with E-state index in [9.17, 15) is 0 Å². The SMILES string of the molecule is C#CCN(CCC)c1ncc(CO)cc1Cl. The van der Waals surface area contributed by atoms with Crippen LogP contribution in [-0.4, -0.2) is 23.2 Å². The molecule has 1 heterocycles. The normalized spacial score (nSPS) is 9.88. The van der Waals surface area contributed by atoms with Crippen LogP contribution in [0.3, 0.4) is 0 Å². The molecule has 0 radical (unpaired) electrons. The van der Waals surface area contributed by atoms with Gasteiger partial charge in [0, 0.05) is 12.7 Å². The van der Waals surface area contributed by atoms with E-state index in [0.717, 1.165) is 13.0 Å². The van der Waals surface area contributed by atoms with Crippen molar-refractivity contribution in [3.8, 4) is 12.3 Å². The number of nitrogens with zero attached hydrogens (tertiary/aromatic N) is 2. The van der Waals surface area contributed by atoms with Crippen LogP contribution in [0.5, 0.6) is 0 Å². The summed E-state index contributed by atoms with van der Waals surface area (Å²) in [5.41, 5.74) is 0.700. The zero-order chi connectivity index (χ0) is 12.0. The minimum Gasteiger partial charge on any atom is -0.392 e. The Bertz CT molecular complexity index is 387. The Morgan fingerprint density at radius 3 is 2.88 bits per heavy atom. The number of hydrogen-bond acceptors (Lipinski definition) is 3. The van der Waals surface area contributed by atoms with Crippen molar-refractivity contribution < 1.29 is 5.11 Å². The lowest BCUT2D eigenvalue weighted by atomic mass is 10.3. The highest BCUT2D eigenvalue weighted by molar-refractivity contribution is 6.33. The lowest BCUT2D eigenvalue weighted by Gasteiger charge is -2.21. The predicted molar refractivity (Wildman–Crippen MR) is 66.5 cm³/mol. The van der Waals surface area contributed by atoms with Crippen molar-refractivity contribution in [2.24, 2.45) is 0 Å². The van der Waals surface area contributed by atoms with E-state index in [1.54, 1.807) is 12.3 Å². The van der Waals surface area contributed by atoms with E-state index >= 15 is 0 Å². The van der Waals surface area contributed by atoms with E-state index in [1.807, 2.05) is 4.90 Å². The van der Waals surface area contributed by atoms with Gasteiger partial charge in [0.2, 0.25) is 0 Å². The number of terminal acetylenes is 1. The molecule has 0 aromatic carbocycles. The Kier molecular flexibility index (Phi) is 5.10. The van der Waals surface area contributed by atoms with Gasteiger partial charge in [-0.05, 0) is 18.1 Å². The summed E-state index contributed by atoms with van der Waals surface area (Å²) in [6, 6.07) is 1.71. The molecular weight excluding hydrogens is 224 g/mol. The molecule has 0 saturated carbocycles. The van der Waals surface area contributed by atoms with Gasteiger partial charge in [-0.3, -0.25) is 0 Å². The molecular formula is C12H15ClN2O. The molecule has 1 N–H and O–H groups in total. The minimum atomic E-state index is -0.0596. The fraction of sp³-hybridized carbons (Fsp3) is 0.417. The van der Waals surface area contributed by atoms with Crippen molar-refractivity contribution in [3.05, 3.63) is 22.8 Å². The lowest BCUT2D eigenvalue weighted by molar-refractivity contribution is 0.281. The maximum atomic E-state index is 8.95. The molecule has 1 aromatic heterocycles. The maximum absolute atomic E-state index is 8.95. The van der Waals surface area contributed by atoms with Gasteiger partial charge in [-0.15, -0.1) is 6.42 Å². The van der Waals surface area contributed by atoms with E-state index < -0.39 is 0 Å². The van der Waals surface area contributed by atoms with Gasteiger partial charge in [0.05, 0.1) is 18.2 Å². The summed E-state index contributed by atoms with van der Waals surface area (Å²) >= 11 is 6.09. The van der Waals surface area contributed by atoms with Crippen molar-refractivity contribution in [2.45, 2.75) is 20.0 Å². The Balaban J connectivity index is 2.96. The minimum absolute atomic E-state index is 0.0596. The van der Waals surface area contributed by atoms with Gasteiger partial charge in [-0.25, -0.2) is 4.98 Å². The summed E-state index contributed by atoms with van der Waals surface area (Å²) in [6.45, 7) is 3.31. The summed E-state index contributed by atoms with van der Waals surface area (Å²) in [7, 11) is 0. The van der Waals surface area contributed by atoms with Crippen molar-refractivity contribution in [2.75, 3.05) is 18.0 Å². The molecule has 0 saturated heterocycles. The second-order valence-corrected chi connectivity index (χ2v) is 3.84. The molecule has 0 atom stereocenters. The van der Waals surface area contributed by atoms with Gasteiger partial charge in [-0.2, -0.15) is 0 Å². The third kappa shape index (κ3) is 3.13. The first kappa shape index (κ1) is 12.8. The highest BCUT2D eigenvalue weighted by Crippen LogP contribution is 2.24. The number of anilines is 1. The van der Waals surface area contributed by atoms with Crippen molar-refractivity contribution >= 4 is 17.4 Å². The monoisotopic (exact) mass is 238 g/mol. The summed E-state index contributed by atoms with van der Waals surface area (Å²) in [5, 5.41) is 9.48. The van der Waals surface area contributed by atoms with Crippen LogP contribution in [0.25, 0.3) is 0 Å². The molecule has 0 spiro atoms. The number of rotatable bonds is 5. The molecule has 86 valence electrons. The van der Waals surface area contributed by atoms with Crippen LogP contribution >= 0.6 is 11.6 Å². The standard InChI is InChI=1S/C12H15ClN2O/c1-3-5-15(6-4-2)12-11(13)7-10(9-16)8-14-12/h1,7-8,16H,4-6,9H2,2H3. The van der Waals surface area contributed by atoms with Gasteiger partial charge in [0.1, 0.15) is 5.82 Å². The van der Waals surface area contributed by atoms with Crippen LogP contribution in [0.15, 0.2) is 12.3 Å². The zero-order valence-electron chi connectivity index (χ0n) is 9.28. The largest absolute Gasteiger partial charge is 0.392 e. The van der Waals surface area contributed by atoms with Crippen molar-refractivity contribution in [3.63, 3.8) is 0 Å². The van der Waals surface area contributed by atoms with Crippen molar-refractivity contribution in [1.29, 1.82) is 0 Å². The molecule has 4 heteroatoms. The summed E-state index contributed by atoms with van der Waals surface area (Å²) in [5.74, 6) is 3.26. The van der Waals surface area contributed by atoms with Crippen LogP contribution in [0.2, 0.25) is 5.02 Å². The molecule has 16 heavy (non-hydrogen) atoms. The molecule has 0 amide bonds. The molecule has 0 fully saturated rings. The Morgan fingerprint density at radius 1 is 1.62 bits per heavy atom. The number of pyridine rings is 1. The Hall–Kier alpha value is -1.24. The first-order valence-electron chi connectivity index (χ1n) is 5.16. The van der Waals surface area contributed by atoms with Crippen LogP contribution in [0.4, 0.5) is 5.82 Å². The molecule has 1 rings (SSSR count). The average molecular weight is 239 g/mol. The quantitative estimate of drug-likeness (QED) is 0.798. The Labute approximate surface area is 101 Å². The van der Waals surface area contributed by atoms with Crippen LogP contribution in [0.1, 0.15) is 18.9 Å². The second kappa shape index (κ2) is 6.37. The van der Waals surface area contributed by atoms with Crippen LogP contribution in [-0.2, 0) is 6.61 Å². The number of aliphatic hydroxyl groups excluding tert-OH is 1. The second-order valence-electron chi connectivity index (χ2n) is 3.43. The number of hydrogen-bond donors (Lipinski definition) is 1. The number of halogens is 1. The molecule has 0 aliphatic rings. The predicted octanol–water partition coefficient (Wildman–Crippen LogP) is 2.08. The summed E-state index contributed by atoms with van der Waals surface area (Å²) < 4.78 is 0. The van der Waals surface area contributed by atoms with E-state index in [2.05, 4.69) is 17.8 Å². The van der Waals surface area contributed by atoms with Crippen LogP contribution < -0.4 is 4.90 Å². The van der Waals surface area contributed by atoms with Gasteiger partial charge >= 0.3 is 0 Å². The van der Waals surface area contributed by atoms with E-state index in [0.29, 0.717) is 22.9 Å². The number of aliphatic hydroxyl groups is 1. The third-order valence-corrected chi connectivity index (χ3v) is 2.41. The molecule has 0 unspecified atom stereocenters. The highest BCUT2D eigenvalue weighted by atomic mass is 35.5. The van der Waals surface area contributed by atoms with Crippen molar-refractivity contribution in [1.82, 2.24) is 4.98 Å². The molecule has 0 bridgehead atoms. The van der Waals surface area contributed by atoms with E-state index in [-0.39, 0.29) is 6.61 Å². The van der Waals surface area contributed by atoms with Gasteiger partial charge in [-0.1, -0.05) is 24.4 Å². The smallest absolute Gasteiger partial charge is 0.148 e. The highest BCUT2D eigenvalue weighted by Gasteiger charge is 2.10. The fourth-order valence-corrected chi connectivity index (χ4v) is 1.74. The molecule has 0 aliphatic carbocycles. The first-order valence-corrected chi connectivity index (χ1v) is 5.54. The van der Waals surface area contributed by atoms with Crippen LogP contribution in [0, 0.1) is 12.3 Å². The average Bonchev–Trinajstić information content (AvgIpc) is 2.29.